The molecule has 0 aromatic carbocycles. The SMILES string of the molecule is CCCC(N)CNC(=O)NC12CC3CC(CC(C3)C1)C2. The number of hydrogen-bond donors (Lipinski definition) is 3. The first kappa shape index (κ1) is 14.2. The second kappa shape index (κ2) is 5.55. The minimum absolute atomic E-state index is 0.00139. The fraction of sp³-hybridized carbons (Fsp3) is 0.938. The van der Waals surface area contributed by atoms with Crippen LogP contribution in [0.3, 0.4) is 0 Å². The quantitative estimate of drug-likeness (QED) is 0.723. The minimum atomic E-state index is -0.00139. The van der Waals surface area contributed by atoms with Crippen LogP contribution in [-0.2, 0) is 0 Å². The highest BCUT2D eigenvalue weighted by Gasteiger charge is 2.51. The molecule has 4 rings (SSSR count). The van der Waals surface area contributed by atoms with Crippen LogP contribution >= 0.6 is 0 Å². The molecule has 4 aliphatic carbocycles. The van der Waals surface area contributed by atoms with Crippen LogP contribution in [0, 0.1) is 17.8 Å². The van der Waals surface area contributed by atoms with Gasteiger partial charge in [-0.25, -0.2) is 4.79 Å². The van der Waals surface area contributed by atoms with Crippen LogP contribution in [0.5, 0.6) is 0 Å². The van der Waals surface area contributed by atoms with Crippen molar-refractivity contribution in [2.75, 3.05) is 6.54 Å². The van der Waals surface area contributed by atoms with Crippen LogP contribution in [0.15, 0.2) is 0 Å². The van der Waals surface area contributed by atoms with Gasteiger partial charge in [0.1, 0.15) is 0 Å². The van der Waals surface area contributed by atoms with Crippen molar-refractivity contribution in [2.45, 2.75) is 69.9 Å². The maximum Gasteiger partial charge on any atom is 0.315 e. The minimum Gasteiger partial charge on any atom is -0.337 e. The van der Waals surface area contributed by atoms with E-state index in [0.717, 1.165) is 30.6 Å². The van der Waals surface area contributed by atoms with Crippen LogP contribution in [0.1, 0.15) is 58.3 Å². The molecule has 4 fully saturated rings. The van der Waals surface area contributed by atoms with Gasteiger partial charge in [0.15, 0.2) is 0 Å². The second-order valence-electron chi connectivity index (χ2n) is 7.58. The number of nitrogens with one attached hydrogen (secondary N) is 2. The molecule has 4 bridgehead atoms. The lowest BCUT2D eigenvalue weighted by Gasteiger charge is -2.56. The molecule has 0 aromatic heterocycles. The first-order chi connectivity index (χ1) is 9.58. The summed E-state index contributed by atoms with van der Waals surface area (Å²) in [5.41, 5.74) is 6.06. The molecular formula is C16H29N3O. The summed E-state index contributed by atoms with van der Waals surface area (Å²) in [5, 5.41) is 6.28. The van der Waals surface area contributed by atoms with Crippen LogP contribution in [0.2, 0.25) is 0 Å². The van der Waals surface area contributed by atoms with Gasteiger partial charge in [0.05, 0.1) is 0 Å². The van der Waals surface area contributed by atoms with Gasteiger partial charge < -0.3 is 16.4 Å². The zero-order valence-corrected chi connectivity index (χ0v) is 12.7. The lowest BCUT2D eigenvalue weighted by Crippen LogP contribution is -2.61. The molecule has 114 valence electrons. The average molecular weight is 279 g/mol. The van der Waals surface area contributed by atoms with E-state index in [9.17, 15) is 4.79 Å². The van der Waals surface area contributed by atoms with Crippen molar-refractivity contribution in [3.05, 3.63) is 0 Å². The molecule has 4 saturated carbocycles. The first-order valence-electron chi connectivity index (χ1n) is 8.40. The predicted molar refractivity (Wildman–Crippen MR) is 80.3 cm³/mol. The zero-order valence-electron chi connectivity index (χ0n) is 12.7. The van der Waals surface area contributed by atoms with Crippen LogP contribution < -0.4 is 16.4 Å². The molecule has 4 heteroatoms. The lowest BCUT2D eigenvalue weighted by atomic mass is 9.53. The summed E-state index contributed by atoms with van der Waals surface area (Å²) < 4.78 is 0. The van der Waals surface area contributed by atoms with Gasteiger partial charge in [0, 0.05) is 18.1 Å². The molecule has 0 saturated heterocycles. The Bertz CT molecular complexity index is 333. The van der Waals surface area contributed by atoms with E-state index in [1.54, 1.807) is 0 Å². The fourth-order valence-corrected chi connectivity index (χ4v) is 5.25. The summed E-state index contributed by atoms with van der Waals surface area (Å²) in [5.74, 6) is 2.59. The van der Waals surface area contributed by atoms with Crippen molar-refractivity contribution in [1.82, 2.24) is 10.6 Å². The van der Waals surface area contributed by atoms with Gasteiger partial charge >= 0.3 is 6.03 Å². The number of carbonyl (C=O) groups is 1. The van der Waals surface area contributed by atoms with Gasteiger partial charge in [0.25, 0.3) is 0 Å². The molecular weight excluding hydrogens is 250 g/mol. The van der Waals surface area contributed by atoms with Crippen molar-refractivity contribution in [1.29, 1.82) is 0 Å². The Morgan fingerprint density at radius 1 is 1.20 bits per heavy atom. The summed E-state index contributed by atoms with van der Waals surface area (Å²) in [6.07, 6.45) is 9.86. The third-order valence-corrected chi connectivity index (χ3v) is 5.60. The molecule has 0 heterocycles. The molecule has 20 heavy (non-hydrogen) atoms. The molecule has 0 radical (unpaired) electrons. The van der Waals surface area contributed by atoms with Crippen LogP contribution in [0.4, 0.5) is 4.79 Å². The summed E-state index contributed by atoms with van der Waals surface area (Å²) >= 11 is 0. The zero-order chi connectivity index (χ0) is 14.2. The topological polar surface area (TPSA) is 67.1 Å². The van der Waals surface area contributed by atoms with Crippen molar-refractivity contribution >= 4 is 6.03 Å². The number of hydrogen-bond acceptors (Lipinski definition) is 2. The van der Waals surface area contributed by atoms with Crippen molar-refractivity contribution in [2.24, 2.45) is 23.5 Å². The molecule has 1 atom stereocenters. The van der Waals surface area contributed by atoms with Crippen LogP contribution in [0.25, 0.3) is 0 Å². The highest BCUT2D eigenvalue weighted by atomic mass is 16.2. The second-order valence-corrected chi connectivity index (χ2v) is 7.58. The van der Waals surface area contributed by atoms with E-state index < -0.39 is 0 Å². The van der Waals surface area contributed by atoms with E-state index in [2.05, 4.69) is 17.6 Å². The third kappa shape index (κ3) is 2.95. The standard InChI is InChI=1S/C16H29N3O/c1-2-3-14(17)10-18-15(20)19-16-7-11-4-12(8-16)6-13(5-11)9-16/h11-14H,2-10,17H2,1H3,(H2,18,19,20). The summed E-state index contributed by atoms with van der Waals surface area (Å²) in [6.45, 7) is 2.71. The van der Waals surface area contributed by atoms with Crippen molar-refractivity contribution < 1.29 is 4.79 Å². The highest BCUT2D eigenvalue weighted by molar-refractivity contribution is 5.75. The smallest absolute Gasteiger partial charge is 0.315 e. The number of carbonyl (C=O) groups excluding carboxylic acids is 1. The Morgan fingerprint density at radius 3 is 2.25 bits per heavy atom. The van der Waals surface area contributed by atoms with Gasteiger partial charge in [-0.1, -0.05) is 13.3 Å². The highest BCUT2D eigenvalue weighted by Crippen LogP contribution is 2.55. The summed E-state index contributed by atoms with van der Waals surface area (Å²) in [7, 11) is 0. The number of urea groups is 1. The Kier molecular flexibility index (Phi) is 3.93. The Labute approximate surface area is 122 Å². The first-order valence-corrected chi connectivity index (χ1v) is 8.40. The maximum atomic E-state index is 12.2. The predicted octanol–water partition coefficient (Wildman–Crippen LogP) is 2.38. The fourth-order valence-electron chi connectivity index (χ4n) is 5.25. The molecule has 0 aromatic rings. The number of rotatable bonds is 5. The van der Waals surface area contributed by atoms with E-state index in [4.69, 9.17) is 5.73 Å². The monoisotopic (exact) mass is 279 g/mol. The Hall–Kier alpha value is -0.770. The van der Waals surface area contributed by atoms with E-state index in [1.165, 1.54) is 38.5 Å². The Balaban J connectivity index is 1.51. The largest absolute Gasteiger partial charge is 0.337 e. The summed E-state index contributed by atoms with van der Waals surface area (Å²) in [6, 6.07) is 0.0839. The van der Waals surface area contributed by atoms with Gasteiger partial charge in [-0.05, 0) is 62.7 Å². The molecule has 0 spiro atoms. The molecule has 4 N–H and O–H groups in total. The van der Waals surface area contributed by atoms with Gasteiger partial charge in [-0.2, -0.15) is 0 Å². The number of amides is 2. The van der Waals surface area contributed by atoms with Crippen molar-refractivity contribution in [3.63, 3.8) is 0 Å². The van der Waals surface area contributed by atoms with E-state index >= 15 is 0 Å². The van der Waals surface area contributed by atoms with E-state index in [-0.39, 0.29) is 17.6 Å². The molecule has 2 amide bonds. The van der Waals surface area contributed by atoms with Gasteiger partial charge in [-0.15, -0.1) is 0 Å². The maximum absolute atomic E-state index is 12.2. The van der Waals surface area contributed by atoms with E-state index in [1.807, 2.05) is 0 Å². The molecule has 4 nitrogen and oxygen atoms in total. The van der Waals surface area contributed by atoms with Crippen LogP contribution in [-0.4, -0.2) is 24.2 Å². The van der Waals surface area contributed by atoms with Gasteiger partial charge in [0.2, 0.25) is 0 Å². The average Bonchev–Trinajstić information content (AvgIpc) is 2.34. The molecule has 1 unspecified atom stereocenters. The number of nitrogens with two attached hydrogens (primary N) is 1. The summed E-state index contributed by atoms with van der Waals surface area (Å²) in [4.78, 5) is 12.2. The van der Waals surface area contributed by atoms with Gasteiger partial charge in [-0.3, -0.25) is 0 Å². The van der Waals surface area contributed by atoms with E-state index in [0.29, 0.717) is 6.54 Å². The molecule has 4 aliphatic rings. The lowest BCUT2D eigenvalue weighted by molar-refractivity contribution is -0.0135. The molecule has 0 aliphatic heterocycles. The Morgan fingerprint density at radius 2 is 1.75 bits per heavy atom. The third-order valence-electron chi connectivity index (χ3n) is 5.60. The normalized spacial score (nSPS) is 39.6. The van der Waals surface area contributed by atoms with Crippen molar-refractivity contribution in [3.8, 4) is 0 Å².